The number of nitrogens with two attached hydrogens (primary N) is 1. The van der Waals surface area contributed by atoms with Crippen molar-refractivity contribution in [2.24, 2.45) is 0 Å². The molecular formula is C11H11BrN4O. The van der Waals surface area contributed by atoms with E-state index in [1.54, 1.807) is 30.5 Å². The molecule has 0 spiro atoms. The normalized spacial score (nSPS) is 10.2. The van der Waals surface area contributed by atoms with Crippen LogP contribution in [0.25, 0.3) is 0 Å². The summed E-state index contributed by atoms with van der Waals surface area (Å²) >= 11 is 3.28. The van der Waals surface area contributed by atoms with Crippen LogP contribution in [0.3, 0.4) is 0 Å². The summed E-state index contributed by atoms with van der Waals surface area (Å²) in [5.41, 5.74) is 7.63. The fourth-order valence-electron chi connectivity index (χ4n) is 1.35. The number of carbonyl (C=O) groups excluding carboxylic acids is 1. The van der Waals surface area contributed by atoms with Gasteiger partial charge in [-0.15, -0.1) is 0 Å². The number of hydrogen-bond donors (Lipinski definition) is 3. The third-order valence-corrected chi connectivity index (χ3v) is 2.98. The lowest BCUT2D eigenvalue weighted by molar-refractivity contribution is 0.0950. The minimum Gasteiger partial charge on any atom is -0.398 e. The van der Waals surface area contributed by atoms with Crippen LogP contribution in [0.2, 0.25) is 0 Å². The maximum Gasteiger partial charge on any atom is 0.251 e. The Kier molecular flexibility index (Phi) is 3.43. The fraction of sp³-hybridized carbons (Fsp3) is 0.0909. The highest BCUT2D eigenvalue weighted by Crippen LogP contribution is 2.20. The lowest BCUT2D eigenvalue weighted by Crippen LogP contribution is -2.23. The topological polar surface area (TPSA) is 83.8 Å². The van der Waals surface area contributed by atoms with Gasteiger partial charge in [0.1, 0.15) is 0 Å². The highest BCUT2D eigenvalue weighted by atomic mass is 79.9. The molecule has 0 aliphatic rings. The molecule has 0 atom stereocenters. The third kappa shape index (κ3) is 2.85. The molecule has 4 N–H and O–H groups in total. The Balaban J connectivity index is 2.02. The lowest BCUT2D eigenvalue weighted by Gasteiger charge is -2.05. The van der Waals surface area contributed by atoms with Crippen molar-refractivity contribution in [2.45, 2.75) is 6.54 Å². The molecule has 1 amide bonds. The third-order valence-electron chi connectivity index (χ3n) is 2.26. The molecule has 0 aliphatic carbocycles. The Morgan fingerprint density at radius 3 is 2.94 bits per heavy atom. The Hall–Kier alpha value is -1.82. The van der Waals surface area contributed by atoms with E-state index in [9.17, 15) is 4.79 Å². The summed E-state index contributed by atoms with van der Waals surface area (Å²) in [5, 5.41) is 9.33. The zero-order valence-electron chi connectivity index (χ0n) is 8.90. The molecule has 6 heteroatoms. The van der Waals surface area contributed by atoms with Crippen LogP contribution in [0.1, 0.15) is 16.1 Å². The van der Waals surface area contributed by atoms with E-state index < -0.39 is 0 Å². The summed E-state index contributed by atoms with van der Waals surface area (Å²) in [5.74, 6) is -0.168. The highest BCUT2D eigenvalue weighted by Gasteiger charge is 2.07. The second-order valence-electron chi connectivity index (χ2n) is 3.50. The molecule has 0 saturated heterocycles. The maximum atomic E-state index is 11.8. The Labute approximate surface area is 107 Å². The molecule has 1 aromatic heterocycles. The highest BCUT2D eigenvalue weighted by molar-refractivity contribution is 9.10. The second kappa shape index (κ2) is 5.01. The summed E-state index contributed by atoms with van der Waals surface area (Å²) in [6.45, 7) is 0.412. The van der Waals surface area contributed by atoms with Crippen molar-refractivity contribution in [1.82, 2.24) is 15.5 Å². The number of nitrogens with zero attached hydrogens (tertiary/aromatic N) is 1. The second-order valence-corrected chi connectivity index (χ2v) is 4.36. The Morgan fingerprint density at radius 1 is 1.47 bits per heavy atom. The van der Waals surface area contributed by atoms with Gasteiger partial charge >= 0.3 is 0 Å². The van der Waals surface area contributed by atoms with Crippen LogP contribution in [-0.2, 0) is 6.54 Å². The molecule has 0 bridgehead atoms. The number of aromatic amines is 1. The summed E-state index contributed by atoms with van der Waals surface area (Å²) < 4.78 is 0.780. The van der Waals surface area contributed by atoms with Gasteiger partial charge in [0.25, 0.3) is 5.91 Å². The molecule has 0 saturated carbocycles. The van der Waals surface area contributed by atoms with Crippen molar-refractivity contribution >= 4 is 27.5 Å². The number of nitrogens with one attached hydrogen (secondary N) is 2. The van der Waals surface area contributed by atoms with Gasteiger partial charge in [-0.3, -0.25) is 9.89 Å². The molecule has 1 heterocycles. The van der Waals surface area contributed by atoms with Gasteiger partial charge < -0.3 is 11.1 Å². The first-order valence-corrected chi connectivity index (χ1v) is 5.77. The van der Waals surface area contributed by atoms with Crippen molar-refractivity contribution in [3.63, 3.8) is 0 Å². The number of nitrogen functional groups attached to an aromatic ring is 1. The molecule has 0 aliphatic heterocycles. The molecule has 88 valence electrons. The average molecular weight is 295 g/mol. The minimum atomic E-state index is -0.168. The van der Waals surface area contributed by atoms with Crippen LogP contribution >= 0.6 is 15.9 Å². The first-order valence-electron chi connectivity index (χ1n) is 4.98. The van der Waals surface area contributed by atoms with E-state index in [0.717, 1.165) is 10.2 Å². The van der Waals surface area contributed by atoms with E-state index in [2.05, 4.69) is 31.4 Å². The van der Waals surface area contributed by atoms with Gasteiger partial charge in [0.05, 0.1) is 12.2 Å². The summed E-state index contributed by atoms with van der Waals surface area (Å²) in [6.07, 6.45) is 1.64. The number of halogens is 1. The van der Waals surface area contributed by atoms with Crippen LogP contribution in [0.4, 0.5) is 5.69 Å². The summed E-state index contributed by atoms with van der Waals surface area (Å²) in [6, 6.07) is 6.89. The van der Waals surface area contributed by atoms with E-state index in [0.29, 0.717) is 17.8 Å². The van der Waals surface area contributed by atoms with Crippen LogP contribution in [0.5, 0.6) is 0 Å². The van der Waals surface area contributed by atoms with E-state index in [1.807, 2.05) is 0 Å². The summed E-state index contributed by atoms with van der Waals surface area (Å²) in [7, 11) is 0. The molecule has 17 heavy (non-hydrogen) atoms. The van der Waals surface area contributed by atoms with E-state index in [1.165, 1.54) is 0 Å². The van der Waals surface area contributed by atoms with Crippen LogP contribution < -0.4 is 11.1 Å². The number of hydrogen-bond acceptors (Lipinski definition) is 3. The number of anilines is 1. The van der Waals surface area contributed by atoms with Gasteiger partial charge in [0.2, 0.25) is 0 Å². The first-order chi connectivity index (χ1) is 8.16. The largest absolute Gasteiger partial charge is 0.398 e. The first kappa shape index (κ1) is 11.7. The van der Waals surface area contributed by atoms with Gasteiger partial charge in [0.15, 0.2) is 0 Å². The SMILES string of the molecule is Nc1cc(C(=O)NCc2ccn[nH]2)ccc1Br. The number of H-pyrrole nitrogens is 1. The molecular weight excluding hydrogens is 284 g/mol. The molecule has 1 aromatic carbocycles. The number of amides is 1. The predicted molar refractivity (Wildman–Crippen MR) is 68.3 cm³/mol. The number of rotatable bonds is 3. The molecule has 2 rings (SSSR count). The lowest BCUT2D eigenvalue weighted by atomic mass is 10.2. The van der Waals surface area contributed by atoms with E-state index >= 15 is 0 Å². The van der Waals surface area contributed by atoms with Gasteiger partial charge in [-0.1, -0.05) is 0 Å². The predicted octanol–water partition coefficient (Wildman–Crippen LogP) is 1.68. The van der Waals surface area contributed by atoms with Crippen molar-refractivity contribution in [1.29, 1.82) is 0 Å². The monoisotopic (exact) mass is 294 g/mol. The van der Waals surface area contributed by atoms with Crippen LogP contribution in [-0.4, -0.2) is 16.1 Å². The van der Waals surface area contributed by atoms with Crippen molar-refractivity contribution in [3.8, 4) is 0 Å². The maximum absolute atomic E-state index is 11.8. The molecule has 0 unspecified atom stereocenters. The minimum absolute atomic E-state index is 0.168. The van der Waals surface area contributed by atoms with Gasteiger partial charge in [0, 0.05) is 21.9 Å². The van der Waals surface area contributed by atoms with Crippen LogP contribution in [0.15, 0.2) is 34.9 Å². The smallest absolute Gasteiger partial charge is 0.251 e. The number of carbonyl (C=O) groups is 1. The molecule has 2 aromatic rings. The molecule has 5 nitrogen and oxygen atoms in total. The Morgan fingerprint density at radius 2 is 2.29 bits per heavy atom. The summed E-state index contributed by atoms with van der Waals surface area (Å²) in [4.78, 5) is 11.8. The number of aromatic nitrogens is 2. The van der Waals surface area contributed by atoms with Gasteiger partial charge in [-0.05, 0) is 40.2 Å². The van der Waals surface area contributed by atoms with Crippen molar-refractivity contribution < 1.29 is 4.79 Å². The quantitative estimate of drug-likeness (QED) is 0.753. The Bertz CT molecular complexity index is 524. The van der Waals surface area contributed by atoms with Crippen molar-refractivity contribution in [2.75, 3.05) is 5.73 Å². The zero-order valence-corrected chi connectivity index (χ0v) is 10.5. The van der Waals surface area contributed by atoms with E-state index in [4.69, 9.17) is 5.73 Å². The van der Waals surface area contributed by atoms with Gasteiger partial charge in [-0.25, -0.2) is 0 Å². The fourth-order valence-corrected chi connectivity index (χ4v) is 1.59. The van der Waals surface area contributed by atoms with Gasteiger partial charge in [-0.2, -0.15) is 5.10 Å². The van der Waals surface area contributed by atoms with E-state index in [-0.39, 0.29) is 5.91 Å². The standard InChI is InChI=1S/C11H11BrN4O/c12-9-2-1-7(5-10(9)13)11(17)14-6-8-3-4-15-16-8/h1-5H,6,13H2,(H,14,17)(H,15,16). The molecule has 0 radical (unpaired) electrons. The zero-order chi connectivity index (χ0) is 12.3. The average Bonchev–Trinajstić information content (AvgIpc) is 2.82. The number of benzene rings is 1. The molecule has 0 fully saturated rings. The van der Waals surface area contributed by atoms with Crippen LogP contribution in [0, 0.1) is 0 Å². The van der Waals surface area contributed by atoms with Crippen molar-refractivity contribution in [3.05, 3.63) is 46.2 Å².